The lowest BCUT2D eigenvalue weighted by Gasteiger charge is -2.44. The van der Waals surface area contributed by atoms with Gasteiger partial charge in [-0.15, -0.1) is 11.8 Å². The number of carbonyl (C=O) groups is 3. The fraction of sp³-hybridized carbons (Fsp3) is 0.526. The molecule has 10 heteroatoms. The van der Waals surface area contributed by atoms with Gasteiger partial charge in [-0.05, 0) is 25.0 Å². The van der Waals surface area contributed by atoms with Crippen LogP contribution in [0.3, 0.4) is 0 Å². The third-order valence-corrected chi connectivity index (χ3v) is 7.57. The summed E-state index contributed by atoms with van der Waals surface area (Å²) in [5.74, 6) is -1.26. The molecule has 156 valence electrons. The molecule has 3 heterocycles. The summed E-state index contributed by atoms with van der Waals surface area (Å²) in [6.07, 6.45) is 1.10. The number of carbonyl (C=O) groups excluding carboxylic acids is 2. The Labute approximate surface area is 171 Å². The molecular weight excluding hydrogens is 400 g/mol. The van der Waals surface area contributed by atoms with Gasteiger partial charge in [0.25, 0.3) is 5.91 Å². The minimum atomic E-state index is -1.02. The lowest BCUT2D eigenvalue weighted by atomic mass is 9.87. The number of benzene rings is 1. The predicted molar refractivity (Wildman–Crippen MR) is 103 cm³/mol. The maximum atomic E-state index is 12.9. The van der Waals surface area contributed by atoms with Gasteiger partial charge in [0.2, 0.25) is 5.91 Å². The van der Waals surface area contributed by atoms with Crippen molar-refractivity contribution in [2.24, 2.45) is 0 Å². The highest BCUT2D eigenvalue weighted by Gasteiger charge is 2.67. The summed E-state index contributed by atoms with van der Waals surface area (Å²) in [5, 5.41) is 12.1. The smallest absolute Gasteiger partial charge is 0.327 e. The van der Waals surface area contributed by atoms with E-state index in [2.05, 4.69) is 5.32 Å². The zero-order valence-electron chi connectivity index (χ0n) is 16.0. The van der Waals surface area contributed by atoms with E-state index in [4.69, 9.17) is 14.2 Å². The quantitative estimate of drug-likeness (QED) is 0.667. The zero-order chi connectivity index (χ0) is 20.8. The third-order valence-electron chi connectivity index (χ3n) is 5.73. The summed E-state index contributed by atoms with van der Waals surface area (Å²) in [6.45, 7) is 0.919. The van der Waals surface area contributed by atoms with Crippen LogP contribution in [0.1, 0.15) is 23.2 Å². The van der Waals surface area contributed by atoms with E-state index in [0.717, 1.165) is 0 Å². The average Bonchev–Trinajstić information content (AvgIpc) is 3.02. The Kier molecular flexibility index (Phi) is 5.07. The lowest BCUT2D eigenvalue weighted by Crippen LogP contribution is -2.71. The molecule has 4 rings (SSSR count). The number of methoxy groups -OCH3 is 2. The molecule has 0 aliphatic carbocycles. The van der Waals surface area contributed by atoms with Crippen LogP contribution in [0.2, 0.25) is 0 Å². The van der Waals surface area contributed by atoms with Crippen LogP contribution in [0.15, 0.2) is 18.2 Å². The number of nitrogens with zero attached hydrogens (tertiary/aromatic N) is 1. The van der Waals surface area contributed by atoms with Crippen molar-refractivity contribution in [2.75, 3.05) is 27.4 Å². The Bertz CT molecular complexity index is 833. The maximum absolute atomic E-state index is 12.9. The van der Waals surface area contributed by atoms with Crippen LogP contribution in [0.4, 0.5) is 0 Å². The number of nitrogens with one attached hydrogen (secondary N) is 1. The van der Waals surface area contributed by atoms with Crippen LogP contribution in [-0.2, 0) is 14.3 Å². The van der Waals surface area contributed by atoms with Crippen LogP contribution < -0.4 is 14.8 Å². The van der Waals surface area contributed by atoms with E-state index in [0.29, 0.717) is 37.6 Å². The molecule has 0 saturated carbocycles. The van der Waals surface area contributed by atoms with Gasteiger partial charge in [0.05, 0.1) is 19.0 Å². The Morgan fingerprint density at radius 3 is 2.41 bits per heavy atom. The number of rotatable bonds is 5. The first-order chi connectivity index (χ1) is 13.9. The molecule has 3 saturated heterocycles. The third kappa shape index (κ3) is 3.01. The molecule has 3 aliphatic heterocycles. The maximum Gasteiger partial charge on any atom is 0.327 e. The van der Waals surface area contributed by atoms with Gasteiger partial charge >= 0.3 is 5.97 Å². The first-order valence-corrected chi connectivity index (χ1v) is 10.1. The van der Waals surface area contributed by atoms with Crippen LogP contribution in [0.25, 0.3) is 0 Å². The Morgan fingerprint density at radius 1 is 1.24 bits per heavy atom. The monoisotopic (exact) mass is 422 g/mol. The normalized spacial score (nSPS) is 27.2. The Balaban J connectivity index is 1.58. The minimum Gasteiger partial charge on any atom is -0.496 e. The number of hydrogen-bond acceptors (Lipinski definition) is 7. The molecule has 1 aromatic rings. The van der Waals surface area contributed by atoms with E-state index in [1.807, 2.05) is 0 Å². The van der Waals surface area contributed by atoms with Gasteiger partial charge in [0.1, 0.15) is 34.5 Å². The second kappa shape index (κ2) is 7.42. The van der Waals surface area contributed by atoms with Crippen molar-refractivity contribution in [1.82, 2.24) is 10.2 Å². The predicted octanol–water partition coefficient (Wildman–Crippen LogP) is 0.720. The van der Waals surface area contributed by atoms with E-state index < -0.39 is 34.1 Å². The van der Waals surface area contributed by atoms with Crippen molar-refractivity contribution >= 4 is 29.5 Å². The number of carboxylic acid groups (broad SMARTS) is 1. The van der Waals surface area contributed by atoms with E-state index in [1.54, 1.807) is 18.2 Å². The number of thioether (sulfide) groups is 1. The molecule has 9 nitrogen and oxygen atoms in total. The molecule has 2 unspecified atom stereocenters. The number of carboxylic acids is 1. The molecule has 3 atom stereocenters. The van der Waals surface area contributed by atoms with Gasteiger partial charge in [-0.2, -0.15) is 0 Å². The number of aliphatic carboxylic acids is 1. The number of ether oxygens (including phenoxy) is 3. The van der Waals surface area contributed by atoms with Gasteiger partial charge < -0.3 is 29.5 Å². The number of β-lactam (4-membered cyclic amide) rings is 1. The molecule has 0 radical (unpaired) electrons. The molecule has 1 aromatic carbocycles. The topological polar surface area (TPSA) is 114 Å². The molecule has 0 aromatic heterocycles. The summed E-state index contributed by atoms with van der Waals surface area (Å²) in [6, 6.07) is 3.25. The number of hydrogen-bond donors (Lipinski definition) is 2. The second-order valence-electron chi connectivity index (χ2n) is 7.16. The van der Waals surface area contributed by atoms with Crippen molar-refractivity contribution in [2.45, 2.75) is 35.0 Å². The minimum absolute atomic E-state index is 0.197. The Morgan fingerprint density at radius 2 is 1.86 bits per heavy atom. The highest BCUT2D eigenvalue weighted by molar-refractivity contribution is 8.01. The van der Waals surface area contributed by atoms with Gasteiger partial charge in [-0.1, -0.05) is 6.07 Å². The van der Waals surface area contributed by atoms with E-state index in [9.17, 15) is 19.5 Å². The molecule has 2 N–H and O–H groups in total. The van der Waals surface area contributed by atoms with Crippen LogP contribution in [0.5, 0.6) is 11.5 Å². The lowest BCUT2D eigenvalue weighted by molar-refractivity contribution is -0.161. The summed E-state index contributed by atoms with van der Waals surface area (Å²) in [5.41, 5.74) is 0.197. The molecular formula is C19H22N2O7S. The van der Waals surface area contributed by atoms with Crippen LogP contribution in [-0.4, -0.2) is 77.4 Å². The van der Waals surface area contributed by atoms with Crippen molar-refractivity contribution in [3.63, 3.8) is 0 Å². The van der Waals surface area contributed by atoms with Crippen LogP contribution in [0, 0.1) is 0 Å². The van der Waals surface area contributed by atoms with Gasteiger partial charge in [0, 0.05) is 13.2 Å². The fourth-order valence-electron chi connectivity index (χ4n) is 4.32. The SMILES string of the molecule is COc1cccc(OC)c1C(=O)NC1C(=O)N2C(C(=O)O)C3(CCOCC3)S[C@@H]12. The van der Waals surface area contributed by atoms with Crippen molar-refractivity contribution < 1.29 is 33.7 Å². The largest absolute Gasteiger partial charge is 0.496 e. The zero-order valence-corrected chi connectivity index (χ0v) is 16.9. The highest BCUT2D eigenvalue weighted by Crippen LogP contribution is 2.55. The van der Waals surface area contributed by atoms with E-state index in [-0.39, 0.29) is 11.5 Å². The average molecular weight is 422 g/mol. The van der Waals surface area contributed by atoms with Crippen LogP contribution >= 0.6 is 11.8 Å². The summed E-state index contributed by atoms with van der Waals surface area (Å²) in [7, 11) is 2.89. The fourth-order valence-corrected chi connectivity index (χ4v) is 6.20. The van der Waals surface area contributed by atoms with Gasteiger partial charge in [-0.3, -0.25) is 9.59 Å². The standard InChI is InChI=1S/C19H22N2O7S/c1-26-10-4-3-5-11(27-2)12(10)15(22)20-13-16(23)21-14(18(24)25)19(29-17(13)21)6-8-28-9-7-19/h3-5,13-14,17H,6-9H2,1-2H3,(H,20,22)(H,24,25)/t13?,14?,17-/m0/s1. The second-order valence-corrected chi connectivity index (χ2v) is 8.69. The molecule has 3 aliphatic rings. The summed E-state index contributed by atoms with van der Waals surface area (Å²) >= 11 is 1.46. The van der Waals surface area contributed by atoms with Gasteiger partial charge in [0.15, 0.2) is 0 Å². The number of fused-ring (bicyclic) bond motifs is 1. The molecule has 3 fully saturated rings. The van der Waals surface area contributed by atoms with Crippen molar-refractivity contribution in [1.29, 1.82) is 0 Å². The molecule has 2 amide bonds. The van der Waals surface area contributed by atoms with Crippen molar-refractivity contribution in [3.8, 4) is 11.5 Å². The van der Waals surface area contributed by atoms with Crippen molar-refractivity contribution in [3.05, 3.63) is 23.8 Å². The summed E-state index contributed by atoms with van der Waals surface area (Å²) < 4.78 is 15.3. The first-order valence-electron chi connectivity index (χ1n) is 9.26. The Hall–Kier alpha value is -2.46. The van der Waals surface area contributed by atoms with Gasteiger partial charge in [-0.25, -0.2) is 4.79 Å². The molecule has 1 spiro atoms. The first kappa shape index (κ1) is 19.8. The molecule has 0 bridgehead atoms. The van der Waals surface area contributed by atoms with E-state index in [1.165, 1.54) is 30.9 Å². The summed E-state index contributed by atoms with van der Waals surface area (Å²) in [4.78, 5) is 39.1. The molecule has 29 heavy (non-hydrogen) atoms. The van der Waals surface area contributed by atoms with E-state index >= 15 is 0 Å². The highest BCUT2D eigenvalue weighted by atomic mass is 32.2. The number of amides is 2.